The molecule has 0 aliphatic carbocycles. The van der Waals surface area contributed by atoms with E-state index in [-0.39, 0.29) is 4.90 Å². The first-order valence-electron chi connectivity index (χ1n) is 17.4. The number of hydrogen-bond donors (Lipinski definition) is 1. The fraction of sp³-hybridized carbons (Fsp3) is 0.116. The average Bonchev–Trinajstić information content (AvgIpc) is 3.74. The molecule has 53 heavy (non-hydrogen) atoms. The number of nitrogens with two attached hydrogens (primary N) is 1. The molecule has 2 heterocycles. The summed E-state index contributed by atoms with van der Waals surface area (Å²) in [6.45, 7) is 2.54. The van der Waals surface area contributed by atoms with Gasteiger partial charge in [0.15, 0.2) is 0 Å². The molecule has 0 amide bonds. The zero-order valence-electron chi connectivity index (χ0n) is 29.1. The molecule has 0 unspecified atom stereocenters. The van der Waals surface area contributed by atoms with Crippen LogP contribution in [-0.2, 0) is 32.9 Å². The Morgan fingerprint density at radius 1 is 0.547 bits per heavy atom. The van der Waals surface area contributed by atoms with E-state index in [1.54, 1.807) is 60.9 Å². The molecule has 2 aromatic heterocycles. The Kier molecular flexibility index (Phi) is 10.4. The molecule has 0 saturated carbocycles. The largest absolute Gasteiger partial charge is 0.330 e. The summed E-state index contributed by atoms with van der Waals surface area (Å²) in [5.74, 6) is 0. The second-order valence-electron chi connectivity index (χ2n) is 12.8. The molecule has 2 N–H and O–H groups in total. The standard InChI is InChI=1S/C26H22N2O2S.C17H16BrNO2S/c27-15-14-23-18-28(31(29,30)24-8-2-1-3-9-24)26-13-12-22(17-25(23)26)21-11-10-19-6-4-5-7-20(19)16-21;1-2-6-13-12-19(17-10-9-14(18)11-16(13)17)22(20,21)15-7-4-3-5-8-15/h1-13,16-18H,14-15,27H2;3-5,7-12H,2,6H2,1H3. The molecule has 0 saturated heterocycles. The number of rotatable bonds is 9. The Hall–Kier alpha value is -5.00. The van der Waals surface area contributed by atoms with Crippen LogP contribution in [0.25, 0.3) is 43.7 Å². The summed E-state index contributed by atoms with van der Waals surface area (Å²) in [5, 5.41) is 4.26. The highest BCUT2D eigenvalue weighted by Gasteiger charge is 2.22. The molecule has 0 atom stereocenters. The lowest BCUT2D eigenvalue weighted by atomic mass is 9.99. The SMILES string of the molecule is CCCc1cn(S(=O)(=O)c2ccccc2)c2ccc(Br)cc12.NCCc1cn(S(=O)(=O)c2ccccc2)c2ccc(-c3ccc4ccccc4c3)cc12. The minimum atomic E-state index is -3.69. The van der Waals surface area contributed by atoms with Crippen LogP contribution >= 0.6 is 15.9 Å². The lowest BCUT2D eigenvalue weighted by molar-refractivity contribution is 0.587. The number of aryl methyl sites for hydroxylation is 1. The molecule has 268 valence electrons. The van der Waals surface area contributed by atoms with Gasteiger partial charge in [0.25, 0.3) is 20.0 Å². The molecule has 10 heteroatoms. The first kappa shape index (κ1) is 36.4. The van der Waals surface area contributed by atoms with E-state index in [2.05, 4.69) is 59.3 Å². The normalized spacial score (nSPS) is 11.9. The summed E-state index contributed by atoms with van der Waals surface area (Å²) in [4.78, 5) is 0.572. The maximum Gasteiger partial charge on any atom is 0.268 e. The quantitative estimate of drug-likeness (QED) is 0.157. The van der Waals surface area contributed by atoms with Crippen molar-refractivity contribution >= 4 is 68.6 Å². The van der Waals surface area contributed by atoms with Crippen molar-refractivity contribution in [1.29, 1.82) is 0 Å². The van der Waals surface area contributed by atoms with Gasteiger partial charge in [-0.15, -0.1) is 0 Å². The topological polar surface area (TPSA) is 104 Å². The van der Waals surface area contributed by atoms with Gasteiger partial charge in [-0.2, -0.15) is 0 Å². The van der Waals surface area contributed by atoms with Crippen LogP contribution in [0.5, 0.6) is 0 Å². The first-order chi connectivity index (χ1) is 25.6. The van der Waals surface area contributed by atoms with Gasteiger partial charge in [-0.25, -0.2) is 24.8 Å². The maximum atomic E-state index is 13.3. The van der Waals surface area contributed by atoms with Crippen molar-refractivity contribution in [2.75, 3.05) is 6.54 Å². The van der Waals surface area contributed by atoms with Crippen LogP contribution < -0.4 is 5.73 Å². The van der Waals surface area contributed by atoms with Crippen LogP contribution in [0.3, 0.4) is 0 Å². The lowest BCUT2D eigenvalue weighted by Gasteiger charge is -2.09. The summed E-state index contributed by atoms with van der Waals surface area (Å²) < 4.78 is 56.1. The summed E-state index contributed by atoms with van der Waals surface area (Å²) >= 11 is 3.46. The Bertz CT molecular complexity index is 2800. The zero-order chi connectivity index (χ0) is 37.2. The highest BCUT2D eigenvalue weighted by atomic mass is 79.9. The Labute approximate surface area is 318 Å². The van der Waals surface area contributed by atoms with E-state index in [1.165, 1.54) is 18.7 Å². The van der Waals surface area contributed by atoms with Gasteiger partial charge in [-0.1, -0.05) is 108 Å². The number of nitrogens with zero attached hydrogens (tertiary/aromatic N) is 2. The number of hydrogen-bond acceptors (Lipinski definition) is 5. The first-order valence-corrected chi connectivity index (χ1v) is 21.0. The summed E-state index contributed by atoms with van der Waals surface area (Å²) in [7, 11) is -7.27. The summed E-state index contributed by atoms with van der Waals surface area (Å²) in [6, 6.07) is 43.3. The molecule has 0 bridgehead atoms. The van der Waals surface area contributed by atoms with Crippen molar-refractivity contribution in [3.63, 3.8) is 0 Å². The van der Waals surface area contributed by atoms with Gasteiger partial charge in [-0.05, 0) is 113 Å². The van der Waals surface area contributed by atoms with Crippen molar-refractivity contribution in [3.05, 3.63) is 168 Å². The van der Waals surface area contributed by atoms with Crippen molar-refractivity contribution < 1.29 is 16.8 Å². The number of benzene rings is 6. The van der Waals surface area contributed by atoms with Gasteiger partial charge in [0.1, 0.15) is 0 Å². The van der Waals surface area contributed by atoms with Gasteiger partial charge < -0.3 is 5.73 Å². The summed E-state index contributed by atoms with van der Waals surface area (Å²) in [5.41, 5.74) is 11.3. The monoisotopic (exact) mass is 803 g/mol. The van der Waals surface area contributed by atoms with E-state index in [9.17, 15) is 16.8 Å². The van der Waals surface area contributed by atoms with Crippen LogP contribution in [0.15, 0.2) is 166 Å². The van der Waals surface area contributed by atoms with E-state index in [0.717, 1.165) is 55.9 Å². The molecule has 0 aliphatic rings. The minimum absolute atomic E-state index is 0.268. The van der Waals surface area contributed by atoms with Gasteiger partial charge in [0.05, 0.1) is 20.8 Å². The van der Waals surface area contributed by atoms with Crippen LogP contribution in [-0.4, -0.2) is 31.3 Å². The van der Waals surface area contributed by atoms with Gasteiger partial charge in [-0.3, -0.25) is 0 Å². The van der Waals surface area contributed by atoms with E-state index < -0.39 is 20.0 Å². The van der Waals surface area contributed by atoms with Crippen LogP contribution in [0.1, 0.15) is 24.5 Å². The van der Waals surface area contributed by atoms with E-state index in [1.807, 2.05) is 54.6 Å². The Balaban J connectivity index is 0.000000174. The number of halogens is 1. The minimum Gasteiger partial charge on any atom is -0.330 e. The molecule has 8 aromatic rings. The molecule has 0 spiro atoms. The Morgan fingerprint density at radius 2 is 1.04 bits per heavy atom. The van der Waals surface area contributed by atoms with Crippen molar-refractivity contribution in [2.24, 2.45) is 5.73 Å². The molecule has 0 fully saturated rings. The van der Waals surface area contributed by atoms with E-state index in [4.69, 9.17) is 5.73 Å². The third-order valence-corrected chi connectivity index (χ3v) is 13.2. The second-order valence-corrected chi connectivity index (χ2v) is 17.3. The fourth-order valence-electron chi connectivity index (χ4n) is 6.69. The van der Waals surface area contributed by atoms with Crippen LogP contribution in [0, 0.1) is 0 Å². The average molecular weight is 805 g/mol. The molecule has 8 rings (SSSR count). The van der Waals surface area contributed by atoms with Crippen molar-refractivity contribution in [2.45, 2.75) is 36.0 Å². The fourth-order valence-corrected chi connectivity index (χ4v) is 9.87. The molecule has 0 radical (unpaired) electrons. The van der Waals surface area contributed by atoms with Crippen molar-refractivity contribution in [3.8, 4) is 11.1 Å². The number of aromatic nitrogens is 2. The van der Waals surface area contributed by atoms with Gasteiger partial charge in [0, 0.05) is 27.6 Å². The zero-order valence-corrected chi connectivity index (χ0v) is 32.3. The van der Waals surface area contributed by atoms with E-state index >= 15 is 0 Å². The van der Waals surface area contributed by atoms with Gasteiger partial charge in [0.2, 0.25) is 0 Å². The molecule has 0 aliphatic heterocycles. The third-order valence-electron chi connectivity index (χ3n) is 9.28. The predicted molar refractivity (Wildman–Crippen MR) is 219 cm³/mol. The maximum absolute atomic E-state index is 13.3. The highest BCUT2D eigenvalue weighted by Crippen LogP contribution is 2.33. The molecular formula is C43H38BrN3O4S2. The lowest BCUT2D eigenvalue weighted by Crippen LogP contribution is -2.11. The van der Waals surface area contributed by atoms with Crippen molar-refractivity contribution in [1.82, 2.24) is 7.94 Å². The van der Waals surface area contributed by atoms with Crippen LogP contribution in [0.4, 0.5) is 0 Å². The van der Waals surface area contributed by atoms with Gasteiger partial charge >= 0.3 is 0 Å². The molecular weight excluding hydrogens is 767 g/mol. The van der Waals surface area contributed by atoms with Crippen LogP contribution in [0.2, 0.25) is 0 Å². The molecule has 6 aromatic carbocycles. The Morgan fingerprint density at radius 3 is 1.62 bits per heavy atom. The van der Waals surface area contributed by atoms with E-state index in [0.29, 0.717) is 23.4 Å². The smallest absolute Gasteiger partial charge is 0.268 e. The number of fused-ring (bicyclic) bond motifs is 3. The third kappa shape index (κ3) is 7.20. The molecule has 7 nitrogen and oxygen atoms in total. The highest BCUT2D eigenvalue weighted by molar-refractivity contribution is 9.10. The summed E-state index contributed by atoms with van der Waals surface area (Å²) in [6.07, 6.45) is 5.89. The predicted octanol–water partition coefficient (Wildman–Crippen LogP) is 9.79. The second kappa shape index (κ2) is 15.2.